The third kappa shape index (κ3) is 5.55. The lowest BCUT2D eigenvalue weighted by Gasteiger charge is -1.99. The van der Waals surface area contributed by atoms with Gasteiger partial charge in [0.25, 0.3) is 0 Å². The van der Waals surface area contributed by atoms with E-state index in [4.69, 9.17) is 0 Å². The lowest BCUT2D eigenvalue weighted by atomic mass is 10.7. The van der Waals surface area contributed by atoms with Crippen LogP contribution in [0, 0.1) is 0 Å². The van der Waals surface area contributed by atoms with E-state index < -0.39 is 16.9 Å². The van der Waals surface area contributed by atoms with Crippen LogP contribution in [0.5, 0.6) is 0 Å². The molecule has 0 aromatic rings. The van der Waals surface area contributed by atoms with Crippen molar-refractivity contribution >= 4 is 16.9 Å². The van der Waals surface area contributed by atoms with Crippen molar-refractivity contribution in [2.24, 2.45) is 0 Å². The van der Waals surface area contributed by atoms with Gasteiger partial charge in [0.1, 0.15) is 0 Å². The van der Waals surface area contributed by atoms with Crippen LogP contribution in [-0.2, 0) is 15.5 Å². The van der Waals surface area contributed by atoms with Crippen LogP contribution in [0.15, 0.2) is 0 Å². The lowest BCUT2D eigenvalue weighted by molar-refractivity contribution is 0.172. The van der Waals surface area contributed by atoms with Gasteiger partial charge >= 0.3 is 6.09 Å². The number of rotatable bonds is 3. The second kappa shape index (κ2) is 5.22. The molecular formula is C5H11NO3S. The van der Waals surface area contributed by atoms with Crippen LogP contribution in [0.4, 0.5) is 4.79 Å². The summed E-state index contributed by atoms with van der Waals surface area (Å²) in [6.45, 7) is 0.399. The molecule has 0 aromatic heterocycles. The molecule has 0 heterocycles. The fourth-order valence-corrected chi connectivity index (χ4v) is 0.759. The van der Waals surface area contributed by atoms with E-state index in [2.05, 4.69) is 10.1 Å². The Morgan fingerprint density at radius 2 is 2.30 bits per heavy atom. The van der Waals surface area contributed by atoms with Gasteiger partial charge in [-0.1, -0.05) is 0 Å². The summed E-state index contributed by atoms with van der Waals surface area (Å²) in [5.41, 5.74) is 0. The highest BCUT2D eigenvalue weighted by Crippen LogP contribution is 1.73. The van der Waals surface area contributed by atoms with Crippen LogP contribution in [0.25, 0.3) is 0 Å². The Balaban J connectivity index is 3.20. The molecule has 0 aliphatic carbocycles. The molecule has 10 heavy (non-hydrogen) atoms. The fourth-order valence-electron chi connectivity index (χ4n) is 0.369. The number of hydrogen-bond donors (Lipinski definition) is 1. The Kier molecular flexibility index (Phi) is 4.92. The highest BCUT2D eigenvalue weighted by Gasteiger charge is 1.96. The van der Waals surface area contributed by atoms with Crippen molar-refractivity contribution in [3.8, 4) is 0 Å². The Morgan fingerprint density at radius 1 is 1.70 bits per heavy atom. The number of methoxy groups -OCH3 is 1. The van der Waals surface area contributed by atoms with Crippen molar-refractivity contribution in [2.75, 3.05) is 25.7 Å². The van der Waals surface area contributed by atoms with Crippen molar-refractivity contribution in [1.82, 2.24) is 5.32 Å². The predicted molar refractivity (Wildman–Crippen MR) is 39.3 cm³/mol. The number of amides is 1. The molecule has 0 bridgehead atoms. The summed E-state index contributed by atoms with van der Waals surface area (Å²) in [7, 11) is 0.436. The van der Waals surface area contributed by atoms with Crippen LogP contribution in [0.3, 0.4) is 0 Å². The summed E-state index contributed by atoms with van der Waals surface area (Å²) in [6.07, 6.45) is 1.10. The number of hydrogen-bond acceptors (Lipinski definition) is 3. The van der Waals surface area contributed by atoms with E-state index in [9.17, 15) is 9.00 Å². The zero-order chi connectivity index (χ0) is 7.98. The van der Waals surface area contributed by atoms with Crippen LogP contribution < -0.4 is 5.32 Å². The molecule has 0 aliphatic rings. The predicted octanol–water partition coefficient (Wildman–Crippen LogP) is -0.279. The van der Waals surface area contributed by atoms with E-state index in [-0.39, 0.29) is 0 Å². The molecule has 0 fully saturated rings. The largest absolute Gasteiger partial charge is 0.453 e. The van der Waals surface area contributed by atoms with Gasteiger partial charge in [-0.2, -0.15) is 0 Å². The van der Waals surface area contributed by atoms with Crippen molar-refractivity contribution in [3.05, 3.63) is 0 Å². The molecule has 60 valence electrons. The summed E-state index contributed by atoms with van der Waals surface area (Å²) < 4.78 is 14.7. The molecule has 0 aliphatic heterocycles. The van der Waals surface area contributed by atoms with Crippen LogP contribution in [-0.4, -0.2) is 36.0 Å². The molecule has 0 radical (unpaired) electrons. The van der Waals surface area contributed by atoms with E-state index >= 15 is 0 Å². The third-order valence-electron chi connectivity index (χ3n) is 0.844. The van der Waals surface area contributed by atoms with Gasteiger partial charge in [-0.3, -0.25) is 4.21 Å². The van der Waals surface area contributed by atoms with Crippen molar-refractivity contribution in [1.29, 1.82) is 0 Å². The molecule has 5 heteroatoms. The lowest BCUT2D eigenvalue weighted by Crippen LogP contribution is -2.27. The fraction of sp³-hybridized carbons (Fsp3) is 0.800. The Labute approximate surface area is 62.4 Å². The van der Waals surface area contributed by atoms with Gasteiger partial charge in [-0.05, 0) is 0 Å². The van der Waals surface area contributed by atoms with Gasteiger partial charge in [0.15, 0.2) is 0 Å². The SMILES string of the molecule is COC(=O)NCCS(C)=O. The van der Waals surface area contributed by atoms with Gasteiger partial charge in [0, 0.05) is 29.4 Å². The summed E-state index contributed by atoms with van der Waals surface area (Å²) in [4.78, 5) is 10.4. The van der Waals surface area contributed by atoms with E-state index in [1.54, 1.807) is 6.26 Å². The van der Waals surface area contributed by atoms with Gasteiger partial charge in [-0.15, -0.1) is 0 Å². The van der Waals surface area contributed by atoms with Gasteiger partial charge < -0.3 is 10.1 Å². The van der Waals surface area contributed by atoms with Crippen LogP contribution in [0.1, 0.15) is 0 Å². The summed E-state index contributed by atoms with van der Waals surface area (Å²) in [5, 5.41) is 2.41. The second-order valence-electron chi connectivity index (χ2n) is 1.70. The quantitative estimate of drug-likeness (QED) is 0.625. The highest BCUT2D eigenvalue weighted by atomic mass is 32.2. The zero-order valence-electron chi connectivity index (χ0n) is 6.05. The van der Waals surface area contributed by atoms with Crippen molar-refractivity contribution in [3.63, 3.8) is 0 Å². The van der Waals surface area contributed by atoms with Gasteiger partial charge in [-0.25, -0.2) is 4.79 Å². The standard InChI is InChI=1S/C5H11NO3S/c1-9-5(7)6-3-4-10(2)8/h3-4H2,1-2H3,(H,6,7). The van der Waals surface area contributed by atoms with Crippen LogP contribution in [0.2, 0.25) is 0 Å². The maximum atomic E-state index is 10.4. The first-order chi connectivity index (χ1) is 4.66. The van der Waals surface area contributed by atoms with Crippen molar-refractivity contribution < 1.29 is 13.7 Å². The molecular weight excluding hydrogens is 154 g/mol. The summed E-state index contributed by atoms with van der Waals surface area (Å²) in [6, 6.07) is 0. The number of nitrogens with one attached hydrogen (secondary N) is 1. The number of ether oxygens (including phenoxy) is 1. The first-order valence-corrected chi connectivity index (χ1v) is 4.51. The molecule has 1 atom stereocenters. The second-order valence-corrected chi connectivity index (χ2v) is 3.25. The molecule has 0 aromatic carbocycles. The minimum atomic E-state index is -0.854. The topological polar surface area (TPSA) is 55.4 Å². The Morgan fingerprint density at radius 3 is 2.70 bits per heavy atom. The summed E-state index contributed by atoms with van der Waals surface area (Å²) >= 11 is 0. The smallest absolute Gasteiger partial charge is 0.406 e. The third-order valence-corrected chi connectivity index (χ3v) is 1.62. The Bertz CT molecular complexity index is 137. The van der Waals surface area contributed by atoms with E-state index in [1.165, 1.54) is 7.11 Å². The van der Waals surface area contributed by atoms with Crippen LogP contribution >= 0.6 is 0 Å². The monoisotopic (exact) mass is 165 g/mol. The number of carbonyl (C=O) groups excluding carboxylic acids is 1. The van der Waals surface area contributed by atoms with E-state index in [0.29, 0.717) is 12.3 Å². The minimum absolute atomic E-state index is 0.399. The number of carbonyl (C=O) groups is 1. The average Bonchev–Trinajstić information content (AvgIpc) is 1.87. The molecule has 1 unspecified atom stereocenters. The molecule has 0 spiro atoms. The first-order valence-electron chi connectivity index (χ1n) is 2.78. The molecule has 0 saturated heterocycles. The maximum absolute atomic E-state index is 10.4. The maximum Gasteiger partial charge on any atom is 0.406 e. The Hall–Kier alpha value is -0.580. The van der Waals surface area contributed by atoms with Gasteiger partial charge in [0.05, 0.1) is 7.11 Å². The first kappa shape index (κ1) is 9.42. The van der Waals surface area contributed by atoms with E-state index in [1.807, 2.05) is 0 Å². The zero-order valence-corrected chi connectivity index (χ0v) is 6.86. The molecule has 1 N–H and O–H groups in total. The highest BCUT2D eigenvalue weighted by molar-refractivity contribution is 7.84. The number of alkyl carbamates (subject to hydrolysis) is 1. The normalized spacial score (nSPS) is 12.2. The minimum Gasteiger partial charge on any atom is -0.453 e. The molecule has 0 saturated carbocycles. The summed E-state index contributed by atoms with van der Waals surface area (Å²) in [5.74, 6) is 0.467. The van der Waals surface area contributed by atoms with Gasteiger partial charge in [0.2, 0.25) is 0 Å². The molecule has 4 nitrogen and oxygen atoms in total. The van der Waals surface area contributed by atoms with Crippen molar-refractivity contribution in [2.45, 2.75) is 0 Å². The molecule has 1 amide bonds. The molecule has 0 rings (SSSR count). The van der Waals surface area contributed by atoms with E-state index in [0.717, 1.165) is 0 Å². The average molecular weight is 165 g/mol.